The molecule has 0 aromatic heterocycles. The van der Waals surface area contributed by atoms with Gasteiger partial charge in [-0.1, -0.05) is 13.8 Å². The molecule has 0 spiro atoms. The molecule has 0 aliphatic carbocycles. The fourth-order valence-corrected chi connectivity index (χ4v) is 4.42. The van der Waals surface area contributed by atoms with Crippen LogP contribution in [0.25, 0.3) is 0 Å². The van der Waals surface area contributed by atoms with Crippen LogP contribution in [0.15, 0.2) is 24.3 Å². The molecular formula is C23H34FN3O3. The number of halogens is 1. The third-order valence-corrected chi connectivity index (χ3v) is 5.92. The van der Waals surface area contributed by atoms with Crippen molar-refractivity contribution >= 4 is 11.8 Å². The summed E-state index contributed by atoms with van der Waals surface area (Å²) >= 11 is 0. The number of piperazine rings is 1. The van der Waals surface area contributed by atoms with Crippen LogP contribution in [0.5, 0.6) is 5.75 Å². The number of carbonyl (C=O) groups is 2. The van der Waals surface area contributed by atoms with Gasteiger partial charge in [0.2, 0.25) is 11.8 Å². The van der Waals surface area contributed by atoms with Crippen molar-refractivity contribution in [3.05, 3.63) is 30.1 Å². The first-order chi connectivity index (χ1) is 14.4. The van der Waals surface area contributed by atoms with E-state index in [-0.39, 0.29) is 17.6 Å². The number of carbonyl (C=O) groups excluding carboxylic acids is 2. The second kappa shape index (κ2) is 10.8. The largest absolute Gasteiger partial charge is 0.494 e. The van der Waals surface area contributed by atoms with Crippen molar-refractivity contribution in [3.63, 3.8) is 0 Å². The van der Waals surface area contributed by atoms with Crippen LogP contribution in [0, 0.1) is 17.7 Å². The second-order valence-electron chi connectivity index (χ2n) is 8.81. The maximum absolute atomic E-state index is 12.9. The molecule has 2 aliphatic heterocycles. The lowest BCUT2D eigenvalue weighted by Crippen LogP contribution is -2.53. The van der Waals surface area contributed by atoms with Gasteiger partial charge in [0, 0.05) is 45.7 Å². The van der Waals surface area contributed by atoms with Gasteiger partial charge < -0.3 is 14.5 Å². The van der Waals surface area contributed by atoms with Crippen LogP contribution in [0.4, 0.5) is 4.39 Å². The second-order valence-corrected chi connectivity index (χ2v) is 8.81. The molecule has 1 aromatic rings. The Bertz CT molecular complexity index is 694. The third-order valence-electron chi connectivity index (χ3n) is 5.92. The van der Waals surface area contributed by atoms with Crippen LogP contribution >= 0.6 is 0 Å². The average Bonchev–Trinajstić information content (AvgIpc) is 2.72. The van der Waals surface area contributed by atoms with Gasteiger partial charge in [0.15, 0.2) is 0 Å². The minimum absolute atomic E-state index is 0.127. The Kier molecular flexibility index (Phi) is 8.08. The summed E-state index contributed by atoms with van der Waals surface area (Å²) in [6, 6.07) is 5.89. The molecule has 0 radical (unpaired) electrons. The molecule has 2 saturated heterocycles. The molecule has 0 bridgehead atoms. The van der Waals surface area contributed by atoms with Crippen molar-refractivity contribution in [3.8, 4) is 5.75 Å². The number of ether oxygens (including phenoxy) is 1. The van der Waals surface area contributed by atoms with Crippen LogP contribution in [-0.4, -0.2) is 78.9 Å². The molecular weight excluding hydrogens is 385 g/mol. The van der Waals surface area contributed by atoms with Gasteiger partial charge in [-0.25, -0.2) is 4.39 Å². The summed E-state index contributed by atoms with van der Waals surface area (Å²) in [7, 11) is 0. The molecule has 2 aliphatic rings. The fraction of sp³-hybridized carbons (Fsp3) is 0.652. The van der Waals surface area contributed by atoms with Crippen molar-refractivity contribution in [1.82, 2.24) is 14.7 Å². The quantitative estimate of drug-likeness (QED) is 0.638. The predicted octanol–water partition coefficient (Wildman–Crippen LogP) is 2.63. The van der Waals surface area contributed by atoms with Crippen molar-refractivity contribution in [2.75, 3.05) is 52.4 Å². The number of benzene rings is 1. The minimum Gasteiger partial charge on any atom is -0.494 e. The Morgan fingerprint density at radius 1 is 0.967 bits per heavy atom. The normalized spacial score (nSPS) is 22.8. The molecule has 2 heterocycles. The van der Waals surface area contributed by atoms with Crippen molar-refractivity contribution in [1.29, 1.82) is 0 Å². The van der Waals surface area contributed by atoms with E-state index in [2.05, 4.69) is 18.7 Å². The highest BCUT2D eigenvalue weighted by Gasteiger charge is 2.28. The van der Waals surface area contributed by atoms with Gasteiger partial charge in [-0.2, -0.15) is 0 Å². The highest BCUT2D eigenvalue weighted by molar-refractivity contribution is 5.78. The van der Waals surface area contributed by atoms with Crippen LogP contribution < -0.4 is 4.74 Å². The highest BCUT2D eigenvalue weighted by atomic mass is 19.1. The smallest absolute Gasteiger partial charge is 0.236 e. The van der Waals surface area contributed by atoms with Crippen LogP contribution in [-0.2, 0) is 9.59 Å². The van der Waals surface area contributed by atoms with E-state index in [4.69, 9.17) is 4.74 Å². The molecule has 1 aromatic carbocycles. The molecule has 6 nitrogen and oxygen atoms in total. The van der Waals surface area contributed by atoms with E-state index in [1.54, 1.807) is 12.1 Å². The van der Waals surface area contributed by atoms with E-state index < -0.39 is 0 Å². The molecule has 166 valence electrons. The van der Waals surface area contributed by atoms with Gasteiger partial charge >= 0.3 is 0 Å². The first kappa shape index (κ1) is 22.5. The molecule has 30 heavy (non-hydrogen) atoms. The standard InChI is InChI=1S/C23H34FN3O3/c1-18-14-19(2)16-27(15-18)23(29)17-25-9-11-26(12-10-25)22(28)4-3-13-30-21-7-5-20(24)6-8-21/h5-8,18-19H,3-4,9-17H2,1-2H3. The molecule has 2 unspecified atom stereocenters. The van der Waals surface area contributed by atoms with E-state index in [0.717, 1.165) is 26.2 Å². The number of likely N-dealkylation sites (tertiary alicyclic amines) is 1. The number of nitrogens with zero attached hydrogens (tertiary/aromatic N) is 3. The lowest BCUT2D eigenvalue weighted by Gasteiger charge is -2.38. The lowest BCUT2D eigenvalue weighted by molar-refractivity contribution is -0.137. The Hall–Kier alpha value is -2.15. The molecule has 7 heteroatoms. The molecule has 0 saturated carbocycles. The molecule has 0 N–H and O–H groups in total. The number of amides is 2. The van der Waals surface area contributed by atoms with E-state index in [0.29, 0.717) is 56.7 Å². The Morgan fingerprint density at radius 2 is 1.60 bits per heavy atom. The summed E-state index contributed by atoms with van der Waals surface area (Å²) in [5.41, 5.74) is 0. The van der Waals surface area contributed by atoms with Crippen LogP contribution in [0.1, 0.15) is 33.1 Å². The molecule has 2 atom stereocenters. The maximum atomic E-state index is 12.9. The maximum Gasteiger partial charge on any atom is 0.236 e. The molecule has 2 amide bonds. The van der Waals surface area contributed by atoms with Gasteiger partial charge in [-0.05, 0) is 48.9 Å². The first-order valence-electron chi connectivity index (χ1n) is 11.1. The number of rotatable bonds is 7. The Labute approximate surface area is 179 Å². The van der Waals surface area contributed by atoms with E-state index in [1.807, 2.05) is 9.80 Å². The fourth-order valence-electron chi connectivity index (χ4n) is 4.42. The van der Waals surface area contributed by atoms with Crippen molar-refractivity contribution < 1.29 is 18.7 Å². The SMILES string of the molecule is CC1CC(C)CN(C(=O)CN2CCN(C(=O)CCCOc3ccc(F)cc3)CC2)C1. The van der Waals surface area contributed by atoms with Gasteiger partial charge in [0.05, 0.1) is 13.2 Å². The Morgan fingerprint density at radius 3 is 2.23 bits per heavy atom. The number of piperidine rings is 1. The predicted molar refractivity (Wildman–Crippen MR) is 114 cm³/mol. The van der Waals surface area contributed by atoms with E-state index in [1.165, 1.54) is 18.6 Å². The van der Waals surface area contributed by atoms with E-state index >= 15 is 0 Å². The van der Waals surface area contributed by atoms with Crippen molar-refractivity contribution in [2.45, 2.75) is 33.1 Å². The summed E-state index contributed by atoms with van der Waals surface area (Å²) in [6.07, 6.45) is 2.25. The molecule has 2 fully saturated rings. The average molecular weight is 420 g/mol. The lowest BCUT2D eigenvalue weighted by atomic mass is 9.92. The van der Waals surface area contributed by atoms with Gasteiger partial charge in [0.25, 0.3) is 0 Å². The Balaban J connectivity index is 1.32. The summed E-state index contributed by atoms with van der Waals surface area (Å²) in [6.45, 7) is 9.84. The number of hydrogen-bond donors (Lipinski definition) is 0. The summed E-state index contributed by atoms with van der Waals surface area (Å²) < 4.78 is 18.4. The summed E-state index contributed by atoms with van der Waals surface area (Å²) in [5, 5.41) is 0. The van der Waals surface area contributed by atoms with Gasteiger partial charge in [0.1, 0.15) is 11.6 Å². The summed E-state index contributed by atoms with van der Waals surface area (Å²) in [4.78, 5) is 31.1. The topological polar surface area (TPSA) is 53.1 Å². The monoisotopic (exact) mass is 419 g/mol. The zero-order valence-corrected chi connectivity index (χ0v) is 18.2. The van der Waals surface area contributed by atoms with Gasteiger partial charge in [-0.3, -0.25) is 14.5 Å². The highest BCUT2D eigenvalue weighted by Crippen LogP contribution is 2.21. The van der Waals surface area contributed by atoms with Gasteiger partial charge in [-0.15, -0.1) is 0 Å². The molecule has 3 rings (SSSR count). The first-order valence-corrected chi connectivity index (χ1v) is 11.1. The van der Waals surface area contributed by atoms with Crippen LogP contribution in [0.3, 0.4) is 0 Å². The van der Waals surface area contributed by atoms with E-state index in [9.17, 15) is 14.0 Å². The minimum atomic E-state index is -0.293. The van der Waals surface area contributed by atoms with Crippen molar-refractivity contribution in [2.24, 2.45) is 11.8 Å². The summed E-state index contributed by atoms with van der Waals surface area (Å²) in [5.74, 6) is 1.80. The zero-order chi connectivity index (χ0) is 21.5. The third kappa shape index (κ3) is 6.69. The number of hydrogen-bond acceptors (Lipinski definition) is 4. The van der Waals surface area contributed by atoms with Crippen LogP contribution in [0.2, 0.25) is 0 Å². The zero-order valence-electron chi connectivity index (χ0n) is 18.2.